The van der Waals surface area contributed by atoms with Crippen molar-refractivity contribution in [1.82, 2.24) is 0 Å². The SMILES string of the molecule is CN1C(=CC=CC=CC=CC=CC2=[N+](C)c3ccc4ccccc4c3C2(C)Cc2ccccc2)C(Cc2ccccc2)(Cc2ccccc2)c2c1ccc1ccccc21. The van der Waals surface area contributed by atoms with E-state index in [0.717, 1.165) is 19.3 Å². The fourth-order valence-corrected chi connectivity index (χ4v) is 10.0. The predicted molar refractivity (Wildman–Crippen MR) is 251 cm³/mol. The third-order valence-corrected chi connectivity index (χ3v) is 12.6. The van der Waals surface area contributed by atoms with Crippen LogP contribution in [-0.4, -0.2) is 24.4 Å². The molecule has 0 amide bonds. The highest BCUT2D eigenvalue weighted by atomic mass is 15.2. The number of hydrogen-bond donors (Lipinski definition) is 0. The summed E-state index contributed by atoms with van der Waals surface area (Å²) < 4.78 is 2.39. The molecule has 2 aliphatic heterocycles. The molecule has 0 bridgehead atoms. The molecule has 7 aromatic carbocycles. The van der Waals surface area contributed by atoms with Crippen LogP contribution >= 0.6 is 0 Å². The zero-order valence-electron chi connectivity index (χ0n) is 34.3. The van der Waals surface area contributed by atoms with Crippen molar-refractivity contribution in [2.45, 2.75) is 37.0 Å². The Hall–Kier alpha value is -6.77. The van der Waals surface area contributed by atoms with Gasteiger partial charge in [-0.05, 0) is 88.2 Å². The Labute approximate surface area is 349 Å². The molecule has 1 atom stereocenters. The number of likely N-dealkylation sites (N-methyl/N-ethyl adjacent to an activating group) is 1. The molecule has 0 spiro atoms. The Morgan fingerprint density at radius 3 is 1.56 bits per heavy atom. The summed E-state index contributed by atoms with van der Waals surface area (Å²) in [7, 11) is 4.45. The maximum Gasteiger partial charge on any atom is 0.210 e. The van der Waals surface area contributed by atoms with Gasteiger partial charge < -0.3 is 4.90 Å². The second kappa shape index (κ2) is 16.2. The van der Waals surface area contributed by atoms with Crippen LogP contribution in [0.25, 0.3) is 21.5 Å². The van der Waals surface area contributed by atoms with Gasteiger partial charge in [0.25, 0.3) is 0 Å². The van der Waals surface area contributed by atoms with Crippen molar-refractivity contribution in [2.24, 2.45) is 0 Å². The number of rotatable bonds is 11. The summed E-state index contributed by atoms with van der Waals surface area (Å²) in [5, 5.41) is 5.22. The predicted octanol–water partition coefficient (Wildman–Crippen LogP) is 13.2. The highest BCUT2D eigenvalue weighted by Crippen LogP contribution is 2.54. The average Bonchev–Trinajstić information content (AvgIpc) is 3.63. The van der Waals surface area contributed by atoms with Crippen LogP contribution in [-0.2, 0) is 30.1 Å². The van der Waals surface area contributed by atoms with Crippen molar-refractivity contribution in [3.8, 4) is 0 Å². The lowest BCUT2D eigenvalue weighted by Gasteiger charge is -2.34. The van der Waals surface area contributed by atoms with Crippen molar-refractivity contribution in [3.63, 3.8) is 0 Å². The van der Waals surface area contributed by atoms with E-state index in [2.05, 4.69) is 249 Å². The standard InChI is InChI=1S/C57H51N2/c1-56(40-43-24-12-9-13-25-43)52(58(2)50-38-36-46-30-20-22-32-48(46)54(50)56)34-18-7-5-4-6-8-19-35-53-57(41-44-26-14-10-15-27-44,42-45-28-16-11-17-29-45)55-49-33-23-21-31-47(49)37-39-51(55)59(53)3/h4-39H,40-42H2,1-3H3/q+1. The van der Waals surface area contributed by atoms with Crippen molar-refractivity contribution >= 4 is 38.6 Å². The topological polar surface area (TPSA) is 6.25 Å². The van der Waals surface area contributed by atoms with Gasteiger partial charge in [-0.25, -0.2) is 0 Å². The van der Waals surface area contributed by atoms with Gasteiger partial charge in [-0.3, -0.25) is 0 Å². The summed E-state index contributed by atoms with van der Waals surface area (Å²) in [5.74, 6) is 0. The minimum Gasteiger partial charge on any atom is -0.347 e. The quantitative estimate of drug-likeness (QED) is 0.0939. The minimum atomic E-state index is -0.265. The maximum atomic E-state index is 2.43. The normalized spacial score (nSPS) is 18.2. The number of benzene rings is 7. The molecule has 59 heavy (non-hydrogen) atoms. The molecular weight excluding hydrogens is 713 g/mol. The van der Waals surface area contributed by atoms with E-state index in [4.69, 9.17) is 0 Å². The van der Waals surface area contributed by atoms with Crippen LogP contribution in [0.5, 0.6) is 0 Å². The van der Waals surface area contributed by atoms with E-state index in [0.29, 0.717) is 0 Å². The van der Waals surface area contributed by atoms with Crippen molar-refractivity contribution in [1.29, 1.82) is 0 Å². The third-order valence-electron chi connectivity index (χ3n) is 12.6. The molecule has 2 heterocycles. The first-order valence-corrected chi connectivity index (χ1v) is 20.9. The first-order valence-electron chi connectivity index (χ1n) is 20.9. The molecule has 2 nitrogen and oxygen atoms in total. The molecule has 2 aliphatic rings. The molecule has 288 valence electrons. The van der Waals surface area contributed by atoms with Crippen molar-refractivity contribution < 1.29 is 4.58 Å². The first kappa shape index (κ1) is 37.8. The van der Waals surface area contributed by atoms with Gasteiger partial charge in [0.1, 0.15) is 7.05 Å². The fraction of sp³-hybridized carbons (Fsp3) is 0.140. The molecule has 0 saturated heterocycles. The van der Waals surface area contributed by atoms with E-state index in [9.17, 15) is 0 Å². The number of hydrogen-bond acceptors (Lipinski definition) is 1. The zero-order chi connectivity index (χ0) is 40.2. The van der Waals surface area contributed by atoms with Crippen molar-refractivity contribution in [3.05, 3.63) is 252 Å². The molecule has 0 saturated carbocycles. The summed E-state index contributed by atoms with van der Waals surface area (Å²) in [4.78, 5) is 2.43. The Morgan fingerprint density at radius 2 is 0.966 bits per heavy atom. The van der Waals surface area contributed by atoms with E-state index >= 15 is 0 Å². The van der Waals surface area contributed by atoms with E-state index in [1.165, 1.54) is 72.1 Å². The van der Waals surface area contributed by atoms with Gasteiger partial charge in [-0.1, -0.05) is 188 Å². The van der Waals surface area contributed by atoms with Crippen LogP contribution in [0, 0.1) is 0 Å². The zero-order valence-corrected chi connectivity index (χ0v) is 34.3. The summed E-state index contributed by atoms with van der Waals surface area (Å²) in [6.07, 6.45) is 22.5. The number of fused-ring (bicyclic) bond motifs is 6. The molecule has 0 aromatic heterocycles. The Bertz CT molecular complexity index is 2780. The summed E-state index contributed by atoms with van der Waals surface area (Å²) in [5.41, 5.74) is 11.6. The van der Waals surface area contributed by atoms with Crippen LogP contribution in [0.4, 0.5) is 11.4 Å². The molecule has 0 aliphatic carbocycles. The van der Waals surface area contributed by atoms with Gasteiger partial charge in [0.05, 0.1) is 5.41 Å². The van der Waals surface area contributed by atoms with E-state index in [1.807, 2.05) is 0 Å². The Morgan fingerprint density at radius 1 is 0.492 bits per heavy atom. The van der Waals surface area contributed by atoms with Gasteiger partial charge in [0, 0.05) is 41.6 Å². The monoisotopic (exact) mass is 763 g/mol. The lowest BCUT2D eigenvalue weighted by atomic mass is 9.69. The maximum absolute atomic E-state index is 2.43. The lowest BCUT2D eigenvalue weighted by Crippen LogP contribution is -2.34. The molecule has 2 heteroatoms. The van der Waals surface area contributed by atoms with Crippen LogP contribution in [0.2, 0.25) is 0 Å². The second-order valence-electron chi connectivity index (χ2n) is 16.3. The third kappa shape index (κ3) is 7.10. The van der Waals surface area contributed by atoms with Crippen molar-refractivity contribution in [2.75, 3.05) is 19.0 Å². The molecule has 1 unspecified atom stereocenters. The van der Waals surface area contributed by atoms with Gasteiger partial charge in [0.2, 0.25) is 5.69 Å². The Balaban J connectivity index is 1.01. The highest BCUT2D eigenvalue weighted by Gasteiger charge is 2.48. The molecular formula is C57H51N2+. The molecule has 0 fully saturated rings. The second-order valence-corrected chi connectivity index (χ2v) is 16.3. The van der Waals surface area contributed by atoms with Gasteiger partial charge in [-0.15, -0.1) is 0 Å². The van der Waals surface area contributed by atoms with Crippen LogP contribution in [0.3, 0.4) is 0 Å². The van der Waals surface area contributed by atoms with Crippen LogP contribution in [0.15, 0.2) is 224 Å². The molecule has 0 radical (unpaired) electrons. The summed E-state index contributed by atoms with van der Waals surface area (Å²) in [6.45, 7) is 2.41. The summed E-state index contributed by atoms with van der Waals surface area (Å²) in [6, 6.07) is 59.7. The smallest absolute Gasteiger partial charge is 0.210 e. The molecule has 9 rings (SSSR count). The largest absolute Gasteiger partial charge is 0.347 e. The van der Waals surface area contributed by atoms with Gasteiger partial charge in [0.15, 0.2) is 5.71 Å². The highest BCUT2D eigenvalue weighted by molar-refractivity contribution is 6.08. The molecule has 0 N–H and O–H groups in total. The van der Waals surface area contributed by atoms with E-state index in [1.54, 1.807) is 0 Å². The minimum absolute atomic E-state index is 0.182. The first-order chi connectivity index (χ1) is 29.0. The van der Waals surface area contributed by atoms with Gasteiger partial charge in [-0.2, -0.15) is 4.58 Å². The average molecular weight is 764 g/mol. The number of anilines is 1. The van der Waals surface area contributed by atoms with Crippen LogP contribution < -0.4 is 4.90 Å². The number of nitrogens with zero attached hydrogens (tertiary/aromatic N) is 2. The van der Waals surface area contributed by atoms with Crippen LogP contribution in [0.1, 0.15) is 34.7 Å². The molecule has 7 aromatic rings. The van der Waals surface area contributed by atoms with E-state index in [-0.39, 0.29) is 10.8 Å². The van der Waals surface area contributed by atoms with Gasteiger partial charge >= 0.3 is 0 Å². The number of allylic oxidation sites excluding steroid dienone is 10. The Kier molecular flexibility index (Phi) is 10.4. The summed E-state index contributed by atoms with van der Waals surface area (Å²) >= 11 is 0. The lowest BCUT2D eigenvalue weighted by molar-refractivity contribution is -0.401. The fourth-order valence-electron chi connectivity index (χ4n) is 10.0. The van der Waals surface area contributed by atoms with E-state index < -0.39 is 0 Å².